The molecule has 0 heterocycles. The van der Waals surface area contributed by atoms with E-state index in [2.05, 4.69) is 6.07 Å². The maximum absolute atomic E-state index is 13.0. The Kier molecular flexibility index (Phi) is 1.72. The highest BCUT2D eigenvalue weighted by Crippen LogP contribution is 2.22. The Morgan fingerprint density at radius 1 is 1.00 bits per heavy atom. The second kappa shape index (κ2) is 2.76. The largest absolute Gasteiger partial charge is 0.206 e. The summed E-state index contributed by atoms with van der Waals surface area (Å²) >= 11 is 0. The molecular formula is C10H4F3. The number of benzene rings is 2. The molecule has 0 aliphatic rings. The molecule has 0 fully saturated rings. The lowest BCUT2D eigenvalue weighted by Crippen LogP contribution is -1.89. The fourth-order valence-electron chi connectivity index (χ4n) is 1.20. The summed E-state index contributed by atoms with van der Waals surface area (Å²) in [6.07, 6.45) is 0. The van der Waals surface area contributed by atoms with Gasteiger partial charge in [0.05, 0.1) is 5.39 Å². The molecule has 0 bridgehead atoms. The van der Waals surface area contributed by atoms with Gasteiger partial charge in [-0.3, -0.25) is 0 Å². The zero-order chi connectivity index (χ0) is 9.42. The van der Waals surface area contributed by atoms with Crippen molar-refractivity contribution in [3.05, 3.63) is 47.8 Å². The zero-order valence-corrected chi connectivity index (χ0v) is 6.44. The lowest BCUT2D eigenvalue weighted by molar-refractivity contribution is 0.511. The van der Waals surface area contributed by atoms with Crippen LogP contribution in [0.25, 0.3) is 10.8 Å². The topological polar surface area (TPSA) is 0 Å². The van der Waals surface area contributed by atoms with E-state index in [1.807, 2.05) is 0 Å². The molecular weight excluding hydrogens is 177 g/mol. The van der Waals surface area contributed by atoms with Crippen LogP contribution in [0.3, 0.4) is 0 Å². The number of fused-ring (bicyclic) bond motifs is 1. The molecule has 1 radical (unpaired) electrons. The van der Waals surface area contributed by atoms with Crippen LogP contribution in [-0.4, -0.2) is 0 Å². The number of halogens is 3. The van der Waals surface area contributed by atoms with E-state index >= 15 is 0 Å². The van der Waals surface area contributed by atoms with Crippen molar-refractivity contribution in [2.75, 3.05) is 0 Å². The minimum atomic E-state index is -1.16. The number of hydrogen-bond donors (Lipinski definition) is 0. The van der Waals surface area contributed by atoms with Crippen LogP contribution in [0, 0.1) is 23.5 Å². The monoisotopic (exact) mass is 181 g/mol. The Morgan fingerprint density at radius 2 is 1.77 bits per heavy atom. The van der Waals surface area contributed by atoms with E-state index in [0.29, 0.717) is 5.39 Å². The van der Waals surface area contributed by atoms with Crippen LogP contribution >= 0.6 is 0 Å². The average molecular weight is 181 g/mol. The van der Waals surface area contributed by atoms with E-state index in [0.717, 1.165) is 6.07 Å². The number of hydrogen-bond acceptors (Lipinski definition) is 0. The third-order valence-corrected chi connectivity index (χ3v) is 1.82. The van der Waals surface area contributed by atoms with Crippen molar-refractivity contribution < 1.29 is 13.2 Å². The highest BCUT2D eigenvalue weighted by Gasteiger charge is 2.10. The van der Waals surface area contributed by atoms with Crippen molar-refractivity contribution in [3.8, 4) is 0 Å². The van der Waals surface area contributed by atoms with Gasteiger partial charge < -0.3 is 0 Å². The molecule has 2 aromatic carbocycles. The Labute approximate surface area is 72.6 Å². The molecule has 0 saturated heterocycles. The smallest absolute Gasteiger partial charge is 0.169 e. The molecule has 0 aliphatic carbocycles. The van der Waals surface area contributed by atoms with Gasteiger partial charge in [-0.2, -0.15) is 0 Å². The van der Waals surface area contributed by atoms with Crippen molar-refractivity contribution in [1.82, 2.24) is 0 Å². The van der Waals surface area contributed by atoms with E-state index in [4.69, 9.17) is 0 Å². The SMILES string of the molecule is Fc1ccc2cc[c]c(F)c2c1F. The highest BCUT2D eigenvalue weighted by atomic mass is 19.2. The molecule has 0 amide bonds. The molecule has 0 spiro atoms. The van der Waals surface area contributed by atoms with Gasteiger partial charge in [-0.05, 0) is 11.5 Å². The fourth-order valence-corrected chi connectivity index (χ4v) is 1.20. The summed E-state index contributed by atoms with van der Waals surface area (Å²) in [5.41, 5.74) is 0. The average Bonchev–Trinajstić information content (AvgIpc) is 2.12. The van der Waals surface area contributed by atoms with Crippen LogP contribution in [0.2, 0.25) is 0 Å². The first-order valence-corrected chi connectivity index (χ1v) is 3.64. The summed E-state index contributed by atoms with van der Waals surface area (Å²) in [6, 6.07) is 7.26. The van der Waals surface area contributed by atoms with E-state index in [1.165, 1.54) is 18.2 Å². The Hall–Kier alpha value is -1.51. The van der Waals surface area contributed by atoms with Gasteiger partial charge in [-0.25, -0.2) is 13.2 Å². The van der Waals surface area contributed by atoms with Gasteiger partial charge in [0.15, 0.2) is 11.6 Å². The second-order valence-corrected chi connectivity index (χ2v) is 2.62. The molecule has 0 nitrogen and oxygen atoms in total. The first-order chi connectivity index (χ1) is 6.20. The quantitative estimate of drug-likeness (QED) is 0.585. The summed E-state index contributed by atoms with van der Waals surface area (Å²) in [7, 11) is 0. The third-order valence-electron chi connectivity index (χ3n) is 1.82. The Balaban J connectivity index is 2.97. The molecule has 3 heteroatoms. The zero-order valence-electron chi connectivity index (χ0n) is 6.44. The van der Waals surface area contributed by atoms with E-state index in [1.54, 1.807) is 0 Å². The van der Waals surface area contributed by atoms with Crippen molar-refractivity contribution >= 4 is 10.8 Å². The van der Waals surface area contributed by atoms with Gasteiger partial charge in [0, 0.05) is 6.07 Å². The summed E-state index contributed by atoms with van der Waals surface area (Å²) in [4.78, 5) is 0. The third kappa shape index (κ3) is 1.16. The van der Waals surface area contributed by atoms with Gasteiger partial charge in [0.1, 0.15) is 5.82 Å². The molecule has 2 aromatic rings. The summed E-state index contributed by atoms with van der Waals surface area (Å²) < 4.78 is 38.7. The lowest BCUT2D eigenvalue weighted by atomic mass is 10.1. The van der Waals surface area contributed by atoms with Crippen LogP contribution in [0.4, 0.5) is 13.2 Å². The van der Waals surface area contributed by atoms with Gasteiger partial charge in [0.2, 0.25) is 0 Å². The maximum atomic E-state index is 13.0. The normalized spacial score (nSPS) is 10.7. The van der Waals surface area contributed by atoms with E-state index in [9.17, 15) is 13.2 Å². The maximum Gasteiger partial charge on any atom is 0.169 e. The van der Waals surface area contributed by atoms with Crippen LogP contribution in [0.1, 0.15) is 0 Å². The van der Waals surface area contributed by atoms with Crippen molar-refractivity contribution in [2.24, 2.45) is 0 Å². The van der Waals surface area contributed by atoms with Crippen molar-refractivity contribution in [2.45, 2.75) is 0 Å². The Bertz CT molecular complexity index is 463. The van der Waals surface area contributed by atoms with Crippen molar-refractivity contribution in [3.63, 3.8) is 0 Å². The molecule has 0 N–H and O–H groups in total. The van der Waals surface area contributed by atoms with Crippen LogP contribution < -0.4 is 0 Å². The molecule has 0 unspecified atom stereocenters. The van der Waals surface area contributed by atoms with Crippen LogP contribution in [0.5, 0.6) is 0 Å². The van der Waals surface area contributed by atoms with Gasteiger partial charge in [-0.1, -0.05) is 18.2 Å². The summed E-state index contributed by atoms with van der Waals surface area (Å²) in [5, 5.41) is -0.0161. The molecule has 0 aliphatic heterocycles. The minimum absolute atomic E-state index is 0.329. The van der Waals surface area contributed by atoms with E-state index < -0.39 is 17.5 Å². The standard InChI is InChI=1S/C10H4F3/c11-7-3-1-2-6-4-5-8(12)10(13)9(6)7/h1-2,4-5H. The predicted molar refractivity (Wildman–Crippen MR) is 42.7 cm³/mol. The summed E-state index contributed by atoms with van der Waals surface area (Å²) in [5.74, 6) is -3.08. The molecule has 2 rings (SSSR count). The van der Waals surface area contributed by atoms with E-state index in [-0.39, 0.29) is 5.39 Å². The Morgan fingerprint density at radius 3 is 2.54 bits per heavy atom. The van der Waals surface area contributed by atoms with Gasteiger partial charge in [0.25, 0.3) is 0 Å². The van der Waals surface area contributed by atoms with Crippen LogP contribution in [0.15, 0.2) is 24.3 Å². The molecule has 65 valence electrons. The molecule has 0 aromatic heterocycles. The predicted octanol–water partition coefficient (Wildman–Crippen LogP) is 3.06. The fraction of sp³-hybridized carbons (Fsp3) is 0. The van der Waals surface area contributed by atoms with Gasteiger partial charge >= 0.3 is 0 Å². The molecule has 0 saturated carbocycles. The highest BCUT2D eigenvalue weighted by molar-refractivity contribution is 5.83. The lowest BCUT2D eigenvalue weighted by Gasteiger charge is -2.00. The second-order valence-electron chi connectivity index (χ2n) is 2.62. The first-order valence-electron chi connectivity index (χ1n) is 3.64. The molecule has 0 atom stereocenters. The minimum Gasteiger partial charge on any atom is -0.206 e. The van der Waals surface area contributed by atoms with Crippen LogP contribution in [-0.2, 0) is 0 Å². The number of rotatable bonds is 0. The van der Waals surface area contributed by atoms with Gasteiger partial charge in [-0.15, -0.1) is 0 Å². The summed E-state index contributed by atoms with van der Waals surface area (Å²) in [6.45, 7) is 0. The first kappa shape index (κ1) is 8.10. The van der Waals surface area contributed by atoms with Crippen molar-refractivity contribution in [1.29, 1.82) is 0 Å². The molecule has 13 heavy (non-hydrogen) atoms.